The second-order valence-corrected chi connectivity index (χ2v) is 15.3. The average Bonchev–Trinajstić information content (AvgIpc) is 3.13. The maximum atomic E-state index is 12.6. The Bertz CT molecular complexity index is 845. The van der Waals surface area contributed by atoms with Crippen LogP contribution in [0.5, 0.6) is 0 Å². The first-order chi connectivity index (χ1) is 24.8. The predicted octanol–water partition coefficient (Wildman–Crippen LogP) is 9.75. The van der Waals surface area contributed by atoms with Gasteiger partial charge in [0, 0.05) is 24.3 Å². The number of hydrogen-bond donors (Lipinski definition) is 2. The van der Waals surface area contributed by atoms with Gasteiger partial charge in [-0.05, 0) is 12.8 Å². The second-order valence-electron chi connectivity index (χ2n) is 14.2. The van der Waals surface area contributed by atoms with Gasteiger partial charge in [-0.2, -0.15) is 11.8 Å². The van der Waals surface area contributed by atoms with E-state index in [-0.39, 0.29) is 31.4 Å². The number of esters is 3. The molecular weight excluding hydrogens is 665 g/mol. The molecule has 9 nitrogen and oxygen atoms in total. The molecule has 51 heavy (non-hydrogen) atoms. The van der Waals surface area contributed by atoms with E-state index in [1.165, 1.54) is 154 Å². The van der Waals surface area contributed by atoms with Crippen molar-refractivity contribution in [2.45, 2.75) is 206 Å². The smallest absolute Gasteiger partial charge is 0.331 e. The number of carbonyl (C=O) groups is 4. The summed E-state index contributed by atoms with van der Waals surface area (Å²) in [7, 11) is 1.21. The maximum absolute atomic E-state index is 12.6. The molecule has 300 valence electrons. The summed E-state index contributed by atoms with van der Waals surface area (Å²) in [4.78, 5) is 49.1. The molecule has 2 atom stereocenters. The average molecular weight is 743 g/mol. The molecule has 0 heterocycles. The van der Waals surface area contributed by atoms with Gasteiger partial charge >= 0.3 is 17.9 Å². The third-order valence-electron chi connectivity index (χ3n) is 9.31. The highest BCUT2D eigenvalue weighted by Gasteiger charge is 2.26. The van der Waals surface area contributed by atoms with Gasteiger partial charge in [-0.15, -0.1) is 0 Å². The quantitative estimate of drug-likeness (QED) is 0.0360. The fraction of sp³-hybridized carbons (Fsp3) is 0.902. The van der Waals surface area contributed by atoms with Gasteiger partial charge in [-0.1, -0.05) is 168 Å². The van der Waals surface area contributed by atoms with Crippen molar-refractivity contribution in [1.29, 1.82) is 0 Å². The first kappa shape index (κ1) is 49.2. The van der Waals surface area contributed by atoms with Crippen molar-refractivity contribution in [3.05, 3.63) is 0 Å². The molecule has 0 aliphatic carbocycles. The largest absolute Gasteiger partial charge is 0.467 e. The standard InChI is InChI=1S/C41H78N2O7S/c1-4-6-8-10-12-14-16-18-20-22-24-26-28-30-38(44)49-32-33-51-35-36(42)40(46)43-37(41(47)48-3)34-50-39(45)31-29-27-25-23-21-19-17-15-13-11-9-7-5-2/h36-37H,4-35,42H2,1-3H3,(H,43,46)/t36-,37+/m1/s1. The van der Waals surface area contributed by atoms with Crippen molar-refractivity contribution in [2.75, 3.05) is 31.8 Å². The number of unbranched alkanes of at least 4 members (excludes halogenated alkanes) is 24. The summed E-state index contributed by atoms with van der Waals surface area (Å²) in [5.41, 5.74) is 6.03. The van der Waals surface area contributed by atoms with E-state index in [1.54, 1.807) is 0 Å². The molecule has 0 aromatic carbocycles. The third kappa shape index (κ3) is 33.8. The van der Waals surface area contributed by atoms with E-state index in [0.29, 0.717) is 12.2 Å². The minimum atomic E-state index is -1.12. The fourth-order valence-corrected chi connectivity index (χ4v) is 6.76. The second kappa shape index (κ2) is 37.9. The third-order valence-corrected chi connectivity index (χ3v) is 10.4. The number of amides is 1. The SMILES string of the molecule is CCCCCCCCCCCCCCCC(=O)OCCSC[C@@H](N)C(=O)N[C@@H](COC(=O)CCCCCCCCCCCCCCC)C(=O)OC. The summed E-state index contributed by atoms with van der Waals surface area (Å²) in [5, 5.41) is 2.54. The van der Waals surface area contributed by atoms with Crippen molar-refractivity contribution < 1.29 is 33.4 Å². The summed E-state index contributed by atoms with van der Waals surface area (Å²) in [6.45, 7) is 4.46. The molecule has 0 bridgehead atoms. The first-order valence-electron chi connectivity index (χ1n) is 20.9. The minimum absolute atomic E-state index is 0.190. The molecule has 0 saturated heterocycles. The zero-order chi connectivity index (χ0) is 37.6. The normalized spacial score (nSPS) is 12.3. The number of carbonyl (C=O) groups excluding carboxylic acids is 4. The number of rotatable bonds is 38. The van der Waals surface area contributed by atoms with Crippen LogP contribution in [0.1, 0.15) is 194 Å². The van der Waals surface area contributed by atoms with Crippen molar-refractivity contribution >= 4 is 35.6 Å². The highest BCUT2D eigenvalue weighted by Crippen LogP contribution is 2.15. The predicted molar refractivity (Wildman–Crippen MR) is 212 cm³/mol. The Morgan fingerprint density at radius 2 is 0.941 bits per heavy atom. The lowest BCUT2D eigenvalue weighted by Crippen LogP contribution is -2.51. The number of nitrogens with one attached hydrogen (secondary N) is 1. The number of nitrogens with two attached hydrogens (primary N) is 1. The first-order valence-corrected chi connectivity index (χ1v) is 22.0. The van der Waals surface area contributed by atoms with Crippen LogP contribution >= 0.6 is 11.8 Å². The number of methoxy groups -OCH3 is 1. The van der Waals surface area contributed by atoms with Gasteiger partial charge in [0.2, 0.25) is 5.91 Å². The lowest BCUT2D eigenvalue weighted by Gasteiger charge is -2.19. The lowest BCUT2D eigenvalue weighted by atomic mass is 10.0. The Morgan fingerprint density at radius 1 is 0.569 bits per heavy atom. The molecule has 0 rings (SSSR count). The molecule has 0 unspecified atom stereocenters. The van der Waals surface area contributed by atoms with Crippen molar-refractivity contribution in [1.82, 2.24) is 5.32 Å². The topological polar surface area (TPSA) is 134 Å². The molecule has 1 amide bonds. The van der Waals surface area contributed by atoms with E-state index in [2.05, 4.69) is 19.2 Å². The van der Waals surface area contributed by atoms with Crippen molar-refractivity contribution in [3.63, 3.8) is 0 Å². The molecule has 10 heteroatoms. The fourth-order valence-electron chi connectivity index (χ4n) is 5.98. The molecule has 0 fully saturated rings. The van der Waals surface area contributed by atoms with Gasteiger partial charge in [0.05, 0.1) is 13.2 Å². The molecule has 0 saturated carbocycles. The van der Waals surface area contributed by atoms with Gasteiger partial charge in [0.1, 0.15) is 13.2 Å². The van der Waals surface area contributed by atoms with Crippen LogP contribution in [0, 0.1) is 0 Å². The summed E-state index contributed by atoms with van der Waals surface area (Å²) >= 11 is 1.40. The van der Waals surface area contributed by atoms with E-state index in [1.807, 2.05) is 0 Å². The lowest BCUT2D eigenvalue weighted by molar-refractivity contribution is -0.152. The van der Waals surface area contributed by atoms with Crippen LogP contribution in [-0.4, -0.2) is 67.7 Å². The van der Waals surface area contributed by atoms with Gasteiger partial charge in [0.25, 0.3) is 0 Å². The Kier molecular flexibility index (Phi) is 36.6. The van der Waals surface area contributed by atoms with Crippen LogP contribution in [-0.2, 0) is 33.4 Å². The van der Waals surface area contributed by atoms with Crippen LogP contribution in [0.3, 0.4) is 0 Å². The number of hydrogen-bond acceptors (Lipinski definition) is 9. The number of ether oxygens (including phenoxy) is 3. The molecule has 0 aromatic heterocycles. The molecule has 0 radical (unpaired) electrons. The van der Waals surface area contributed by atoms with Crippen LogP contribution < -0.4 is 11.1 Å². The molecular formula is C41H78N2O7S. The van der Waals surface area contributed by atoms with E-state index in [4.69, 9.17) is 19.9 Å². The summed E-state index contributed by atoms with van der Waals surface area (Å²) in [5.74, 6) is -1.02. The highest BCUT2D eigenvalue weighted by atomic mass is 32.2. The zero-order valence-electron chi connectivity index (χ0n) is 33.1. The molecule has 0 aliphatic rings. The van der Waals surface area contributed by atoms with Gasteiger partial charge < -0.3 is 25.3 Å². The summed E-state index contributed by atoms with van der Waals surface area (Å²) in [6, 6.07) is -2.01. The summed E-state index contributed by atoms with van der Waals surface area (Å²) in [6.07, 6.45) is 33.0. The number of thioether (sulfide) groups is 1. The maximum Gasteiger partial charge on any atom is 0.331 e. The highest BCUT2D eigenvalue weighted by molar-refractivity contribution is 7.99. The Balaban J connectivity index is 3.88. The van der Waals surface area contributed by atoms with Crippen molar-refractivity contribution in [3.8, 4) is 0 Å². The van der Waals surface area contributed by atoms with Gasteiger partial charge in [0.15, 0.2) is 6.04 Å². The van der Waals surface area contributed by atoms with E-state index < -0.39 is 29.9 Å². The van der Waals surface area contributed by atoms with Crippen LogP contribution in [0.25, 0.3) is 0 Å². The molecule has 0 aliphatic heterocycles. The van der Waals surface area contributed by atoms with Crippen molar-refractivity contribution in [2.24, 2.45) is 5.73 Å². The van der Waals surface area contributed by atoms with Crippen LogP contribution in [0.4, 0.5) is 0 Å². The monoisotopic (exact) mass is 743 g/mol. The molecule has 0 aromatic rings. The summed E-state index contributed by atoms with van der Waals surface area (Å²) < 4.78 is 15.4. The van der Waals surface area contributed by atoms with E-state index in [9.17, 15) is 19.2 Å². The Morgan fingerprint density at radius 3 is 1.33 bits per heavy atom. The van der Waals surface area contributed by atoms with Crippen LogP contribution in [0.15, 0.2) is 0 Å². The van der Waals surface area contributed by atoms with Crippen LogP contribution in [0.2, 0.25) is 0 Å². The zero-order valence-corrected chi connectivity index (χ0v) is 33.9. The van der Waals surface area contributed by atoms with Gasteiger partial charge in [-0.25, -0.2) is 4.79 Å². The molecule has 3 N–H and O–H groups in total. The van der Waals surface area contributed by atoms with Gasteiger partial charge in [-0.3, -0.25) is 14.4 Å². The Labute approximate surface area is 316 Å². The van der Waals surface area contributed by atoms with E-state index >= 15 is 0 Å². The Hall–Kier alpha value is -1.81. The molecule has 0 spiro atoms. The van der Waals surface area contributed by atoms with E-state index in [0.717, 1.165) is 32.1 Å². The minimum Gasteiger partial charge on any atom is -0.467 e.